The Morgan fingerprint density at radius 2 is 1.07 bits per heavy atom. The molecule has 1 aliphatic rings. The third-order valence-corrected chi connectivity index (χ3v) is 3.55. The van der Waals surface area contributed by atoms with Crippen LogP contribution in [0.5, 0.6) is 0 Å². The van der Waals surface area contributed by atoms with Crippen LogP contribution >= 0.6 is 0 Å². The van der Waals surface area contributed by atoms with Crippen LogP contribution < -0.4 is 0 Å². The van der Waals surface area contributed by atoms with Crippen LogP contribution in [0.1, 0.15) is 54.4 Å². The minimum absolute atomic E-state index is 0. The van der Waals surface area contributed by atoms with E-state index in [1.54, 1.807) is 0 Å². The van der Waals surface area contributed by atoms with Crippen molar-refractivity contribution in [1.29, 1.82) is 0 Å². The van der Waals surface area contributed by atoms with Gasteiger partial charge in [0.2, 0.25) is 0 Å². The van der Waals surface area contributed by atoms with E-state index in [0.717, 1.165) is 11.8 Å². The minimum atomic E-state index is 0. The molecule has 84 valence electrons. The molecule has 0 aromatic heterocycles. The van der Waals surface area contributed by atoms with E-state index in [1.807, 2.05) is 0 Å². The molecule has 2 atom stereocenters. The van der Waals surface area contributed by atoms with Gasteiger partial charge in [-0.05, 0) is 10.8 Å². The quantitative estimate of drug-likeness (QED) is 0.562. The first-order chi connectivity index (χ1) is 5.73. The second-order valence-electron chi connectivity index (χ2n) is 6.71. The molecule has 0 N–H and O–H groups in total. The van der Waals surface area contributed by atoms with Gasteiger partial charge in [-0.1, -0.05) is 53.4 Å². The zero-order valence-electron chi connectivity index (χ0n) is 10.6. The summed E-state index contributed by atoms with van der Waals surface area (Å²) in [6.45, 7) is 14.3. The van der Waals surface area contributed by atoms with Crippen molar-refractivity contribution in [2.24, 2.45) is 22.7 Å². The van der Waals surface area contributed by atoms with Crippen LogP contribution in [0.3, 0.4) is 0 Å². The second kappa shape index (κ2) is 4.68. The topological polar surface area (TPSA) is 0 Å². The Labute approximate surface area is 105 Å². The maximum Gasteiger partial charge on any atom is 0 e. The Kier molecular flexibility index (Phi) is 4.92. The van der Waals surface area contributed by atoms with Gasteiger partial charge in [0, 0.05) is 21.1 Å². The maximum absolute atomic E-state index is 2.49. The fourth-order valence-corrected chi connectivity index (χ4v) is 2.70. The molecule has 1 heteroatoms. The molecule has 0 nitrogen and oxygen atoms in total. The number of hydrogen-bond acceptors (Lipinski definition) is 0. The van der Waals surface area contributed by atoms with E-state index in [4.69, 9.17) is 0 Å². The first kappa shape index (κ1) is 14.7. The summed E-state index contributed by atoms with van der Waals surface area (Å²) >= 11 is 0. The van der Waals surface area contributed by atoms with Crippen molar-refractivity contribution in [3.63, 3.8) is 0 Å². The van der Waals surface area contributed by atoms with Gasteiger partial charge in [0.05, 0.1) is 0 Å². The summed E-state index contributed by atoms with van der Waals surface area (Å²) in [5, 5.41) is 0. The van der Waals surface area contributed by atoms with Crippen molar-refractivity contribution in [3.05, 3.63) is 6.42 Å². The molecule has 0 spiro atoms. The van der Waals surface area contributed by atoms with Crippen LogP contribution in [0.4, 0.5) is 0 Å². The molecule has 0 radical (unpaired) electrons. The van der Waals surface area contributed by atoms with Crippen molar-refractivity contribution >= 4 is 0 Å². The summed E-state index contributed by atoms with van der Waals surface area (Å²) in [5.74, 6) is 1.76. The smallest absolute Gasteiger partial charge is 0 e. The maximum atomic E-state index is 2.49. The van der Waals surface area contributed by atoms with Crippen LogP contribution in [-0.4, -0.2) is 0 Å². The molecule has 1 fully saturated rings. The molecule has 0 amide bonds. The van der Waals surface area contributed by atoms with Gasteiger partial charge in [0.15, 0.2) is 0 Å². The van der Waals surface area contributed by atoms with E-state index < -0.39 is 0 Å². The minimum Gasteiger partial charge on any atom is -0.328 e. The largest absolute Gasteiger partial charge is 0.328 e. The van der Waals surface area contributed by atoms with Gasteiger partial charge in [0.1, 0.15) is 0 Å². The predicted octanol–water partition coefficient (Wildman–Crippen LogP) is 4.31. The SMILES string of the molecule is CC(C)(C)C1C[CH-]CC1C(C)(C)C.[W]. The van der Waals surface area contributed by atoms with E-state index in [0.29, 0.717) is 10.8 Å². The Morgan fingerprint density at radius 1 is 0.786 bits per heavy atom. The summed E-state index contributed by atoms with van der Waals surface area (Å²) in [6, 6.07) is 0. The summed E-state index contributed by atoms with van der Waals surface area (Å²) in [5.41, 5.74) is 0.954. The zero-order valence-corrected chi connectivity index (χ0v) is 13.5. The molecular weight excluding hydrogens is 340 g/mol. The van der Waals surface area contributed by atoms with Gasteiger partial charge in [-0.2, -0.15) is 12.8 Å². The number of rotatable bonds is 0. The molecule has 0 bridgehead atoms. The first-order valence-corrected chi connectivity index (χ1v) is 5.54. The molecule has 0 aromatic rings. The fraction of sp³-hybridized carbons (Fsp3) is 0.923. The summed E-state index contributed by atoms with van der Waals surface area (Å²) < 4.78 is 0. The van der Waals surface area contributed by atoms with Crippen molar-refractivity contribution in [1.82, 2.24) is 0 Å². The van der Waals surface area contributed by atoms with Gasteiger partial charge in [0.25, 0.3) is 0 Å². The Morgan fingerprint density at radius 3 is 1.29 bits per heavy atom. The molecule has 0 aromatic carbocycles. The van der Waals surface area contributed by atoms with Crippen molar-refractivity contribution < 1.29 is 21.1 Å². The standard InChI is InChI=1S/C13H25.W/c1-12(2,3)10-8-7-9-11(10)13(4,5)6;/h7,10-11H,8-9H2,1-6H3;/q-1;. The zero-order chi connectivity index (χ0) is 10.3. The average Bonchev–Trinajstić information content (AvgIpc) is 2.27. The molecular formula is C13H25W-. The summed E-state index contributed by atoms with van der Waals surface area (Å²) in [7, 11) is 0. The number of hydrogen-bond donors (Lipinski definition) is 0. The van der Waals surface area contributed by atoms with E-state index in [1.165, 1.54) is 12.8 Å². The van der Waals surface area contributed by atoms with Crippen LogP contribution in [0.25, 0.3) is 0 Å². The van der Waals surface area contributed by atoms with Gasteiger partial charge in [-0.25, -0.2) is 0 Å². The molecule has 0 heterocycles. The molecule has 0 saturated heterocycles. The van der Waals surface area contributed by atoms with Crippen LogP contribution in [-0.2, 0) is 21.1 Å². The van der Waals surface area contributed by atoms with Crippen LogP contribution in [0.15, 0.2) is 0 Å². The Bertz CT molecular complexity index is 151. The predicted molar refractivity (Wildman–Crippen MR) is 59.4 cm³/mol. The summed E-state index contributed by atoms with van der Waals surface area (Å²) in [6.07, 6.45) is 5.14. The second-order valence-corrected chi connectivity index (χ2v) is 6.71. The molecule has 0 aliphatic heterocycles. The van der Waals surface area contributed by atoms with Gasteiger partial charge in [-0.3, -0.25) is 0 Å². The monoisotopic (exact) mass is 365 g/mol. The van der Waals surface area contributed by atoms with Crippen LogP contribution in [0.2, 0.25) is 0 Å². The van der Waals surface area contributed by atoms with Gasteiger partial charge in [-0.15, -0.1) is 0 Å². The van der Waals surface area contributed by atoms with E-state index in [2.05, 4.69) is 48.0 Å². The molecule has 1 saturated carbocycles. The van der Waals surface area contributed by atoms with E-state index in [9.17, 15) is 0 Å². The molecule has 14 heavy (non-hydrogen) atoms. The molecule has 2 unspecified atom stereocenters. The Balaban J connectivity index is 0.00000169. The third-order valence-electron chi connectivity index (χ3n) is 3.55. The first-order valence-electron chi connectivity index (χ1n) is 5.54. The Hall–Kier alpha value is 0.688. The van der Waals surface area contributed by atoms with E-state index in [-0.39, 0.29) is 21.1 Å². The van der Waals surface area contributed by atoms with E-state index >= 15 is 0 Å². The van der Waals surface area contributed by atoms with Crippen LogP contribution in [0, 0.1) is 29.1 Å². The van der Waals surface area contributed by atoms with Crippen molar-refractivity contribution in [3.8, 4) is 0 Å². The third kappa shape index (κ3) is 3.37. The average molecular weight is 365 g/mol. The van der Waals surface area contributed by atoms with Crippen molar-refractivity contribution in [2.45, 2.75) is 54.4 Å². The molecule has 1 rings (SSSR count). The normalized spacial score (nSPS) is 28.7. The summed E-state index contributed by atoms with van der Waals surface area (Å²) in [4.78, 5) is 0. The van der Waals surface area contributed by atoms with Gasteiger partial charge < -0.3 is 6.42 Å². The molecule has 1 aliphatic carbocycles. The van der Waals surface area contributed by atoms with Crippen molar-refractivity contribution in [2.75, 3.05) is 0 Å². The van der Waals surface area contributed by atoms with Gasteiger partial charge >= 0.3 is 0 Å². The fourth-order valence-electron chi connectivity index (χ4n) is 2.70.